The van der Waals surface area contributed by atoms with Crippen LogP contribution in [0.5, 0.6) is 0 Å². The summed E-state index contributed by atoms with van der Waals surface area (Å²) >= 11 is 3.48. The number of hydrogen-bond donors (Lipinski definition) is 0. The van der Waals surface area contributed by atoms with Crippen LogP contribution in [0.15, 0.2) is 22.7 Å². The van der Waals surface area contributed by atoms with Gasteiger partial charge in [-0.05, 0) is 43.7 Å². The van der Waals surface area contributed by atoms with E-state index in [4.69, 9.17) is 5.26 Å². The van der Waals surface area contributed by atoms with Gasteiger partial charge in [-0.1, -0.05) is 35.2 Å². The molecule has 0 spiro atoms. The van der Waals surface area contributed by atoms with Gasteiger partial charge in [-0.2, -0.15) is 5.26 Å². The van der Waals surface area contributed by atoms with Crippen LogP contribution in [0.3, 0.4) is 0 Å². The second-order valence-corrected chi connectivity index (χ2v) is 6.04. The van der Waals surface area contributed by atoms with Crippen LogP contribution < -0.4 is 0 Å². The van der Waals surface area contributed by atoms with Crippen LogP contribution in [0.2, 0.25) is 0 Å². The van der Waals surface area contributed by atoms with E-state index >= 15 is 0 Å². The SMILES string of the molecule is CN(Cc1cc(Br)ccc1C#N)C1CCCCC1.Cl. The number of benzene rings is 1. The van der Waals surface area contributed by atoms with Crippen LogP contribution in [0.1, 0.15) is 43.2 Å². The van der Waals surface area contributed by atoms with E-state index in [1.165, 1.54) is 32.1 Å². The quantitative estimate of drug-likeness (QED) is 0.807. The lowest BCUT2D eigenvalue weighted by Gasteiger charge is -2.31. The maximum absolute atomic E-state index is 9.15. The Morgan fingerprint density at radius 3 is 2.63 bits per heavy atom. The molecular weight excluding hydrogens is 324 g/mol. The molecule has 0 saturated heterocycles. The topological polar surface area (TPSA) is 27.0 Å². The van der Waals surface area contributed by atoms with Crippen molar-refractivity contribution in [3.8, 4) is 6.07 Å². The van der Waals surface area contributed by atoms with Crippen LogP contribution in [0.4, 0.5) is 0 Å². The van der Waals surface area contributed by atoms with Gasteiger partial charge in [0.2, 0.25) is 0 Å². The maximum atomic E-state index is 9.15. The van der Waals surface area contributed by atoms with Crippen molar-refractivity contribution in [1.29, 1.82) is 5.26 Å². The number of nitriles is 1. The number of hydrogen-bond acceptors (Lipinski definition) is 2. The van der Waals surface area contributed by atoms with Gasteiger partial charge in [-0.3, -0.25) is 4.90 Å². The first-order valence-electron chi connectivity index (χ1n) is 6.59. The Labute approximate surface area is 130 Å². The Balaban J connectivity index is 0.00000180. The molecule has 2 rings (SSSR count). The fourth-order valence-corrected chi connectivity index (χ4v) is 3.13. The van der Waals surface area contributed by atoms with Crippen molar-refractivity contribution in [3.63, 3.8) is 0 Å². The largest absolute Gasteiger partial charge is 0.299 e. The number of halogens is 2. The van der Waals surface area contributed by atoms with Gasteiger partial charge in [0, 0.05) is 17.1 Å². The first kappa shape index (κ1) is 16.5. The fraction of sp³-hybridized carbons (Fsp3) is 0.533. The summed E-state index contributed by atoms with van der Waals surface area (Å²) < 4.78 is 1.05. The van der Waals surface area contributed by atoms with Crippen LogP contribution in [-0.2, 0) is 6.54 Å². The predicted octanol–water partition coefficient (Wildman–Crippen LogP) is 4.51. The lowest BCUT2D eigenvalue weighted by atomic mass is 9.94. The smallest absolute Gasteiger partial charge is 0.0995 e. The van der Waals surface area contributed by atoms with E-state index in [0.717, 1.165) is 22.1 Å². The molecule has 0 amide bonds. The van der Waals surface area contributed by atoms with Crippen molar-refractivity contribution in [2.45, 2.75) is 44.7 Å². The summed E-state index contributed by atoms with van der Waals surface area (Å²) in [7, 11) is 2.18. The number of rotatable bonds is 3. The number of nitrogens with zero attached hydrogens (tertiary/aromatic N) is 2. The maximum Gasteiger partial charge on any atom is 0.0995 e. The van der Waals surface area contributed by atoms with Gasteiger partial charge in [0.15, 0.2) is 0 Å². The Kier molecular flexibility index (Phi) is 6.85. The van der Waals surface area contributed by atoms with E-state index in [2.05, 4.69) is 40.0 Å². The fourth-order valence-electron chi connectivity index (χ4n) is 2.72. The van der Waals surface area contributed by atoms with E-state index in [1.807, 2.05) is 12.1 Å². The van der Waals surface area contributed by atoms with Gasteiger partial charge >= 0.3 is 0 Å². The van der Waals surface area contributed by atoms with Crippen molar-refractivity contribution in [3.05, 3.63) is 33.8 Å². The molecule has 1 aromatic carbocycles. The minimum atomic E-state index is 0. The molecule has 0 aromatic heterocycles. The van der Waals surface area contributed by atoms with E-state index < -0.39 is 0 Å². The average Bonchev–Trinajstić information content (AvgIpc) is 2.40. The molecule has 0 unspecified atom stereocenters. The molecule has 0 N–H and O–H groups in total. The third-order valence-corrected chi connectivity index (χ3v) is 4.30. The summed E-state index contributed by atoms with van der Waals surface area (Å²) in [4.78, 5) is 2.40. The molecule has 1 aliphatic carbocycles. The van der Waals surface area contributed by atoms with Crippen LogP contribution in [-0.4, -0.2) is 18.0 Å². The summed E-state index contributed by atoms with van der Waals surface area (Å²) in [5.41, 5.74) is 1.92. The molecule has 1 aliphatic rings. The highest BCUT2D eigenvalue weighted by Gasteiger charge is 2.18. The Morgan fingerprint density at radius 1 is 1.32 bits per heavy atom. The molecule has 0 radical (unpaired) electrons. The standard InChI is InChI=1S/C15H19BrN2.ClH/c1-18(15-5-3-2-4-6-15)11-13-9-14(16)8-7-12(13)10-17;/h7-9,15H,2-6,11H2,1H3;1H. The van der Waals surface area contributed by atoms with E-state index in [-0.39, 0.29) is 12.4 Å². The summed E-state index contributed by atoms with van der Waals surface area (Å²) in [6, 6.07) is 8.87. The summed E-state index contributed by atoms with van der Waals surface area (Å²) in [5, 5.41) is 9.15. The van der Waals surface area contributed by atoms with Gasteiger partial charge < -0.3 is 0 Å². The normalized spacial score (nSPS) is 15.9. The summed E-state index contributed by atoms with van der Waals surface area (Å²) in [6.07, 6.45) is 6.67. The van der Waals surface area contributed by atoms with Crippen molar-refractivity contribution in [2.24, 2.45) is 0 Å². The van der Waals surface area contributed by atoms with Gasteiger partial charge in [-0.15, -0.1) is 12.4 Å². The molecule has 104 valence electrons. The van der Waals surface area contributed by atoms with Crippen molar-refractivity contribution < 1.29 is 0 Å². The molecule has 1 fully saturated rings. The Morgan fingerprint density at radius 2 is 2.00 bits per heavy atom. The first-order valence-corrected chi connectivity index (χ1v) is 7.39. The van der Waals surface area contributed by atoms with Gasteiger partial charge in [0.1, 0.15) is 0 Å². The third kappa shape index (κ3) is 4.49. The lowest BCUT2D eigenvalue weighted by molar-refractivity contribution is 0.184. The zero-order valence-electron chi connectivity index (χ0n) is 11.2. The third-order valence-electron chi connectivity index (χ3n) is 3.81. The molecular formula is C15H20BrClN2. The zero-order chi connectivity index (χ0) is 13.0. The molecule has 0 heterocycles. The van der Waals surface area contributed by atoms with Gasteiger partial charge in [0.05, 0.1) is 11.6 Å². The monoisotopic (exact) mass is 342 g/mol. The van der Waals surface area contributed by atoms with Gasteiger partial charge in [-0.25, -0.2) is 0 Å². The van der Waals surface area contributed by atoms with Crippen molar-refractivity contribution >= 4 is 28.3 Å². The molecule has 0 aliphatic heterocycles. The second kappa shape index (κ2) is 7.89. The minimum absolute atomic E-state index is 0. The Bertz CT molecular complexity index is 450. The van der Waals surface area contributed by atoms with E-state index in [0.29, 0.717) is 6.04 Å². The highest BCUT2D eigenvalue weighted by Crippen LogP contribution is 2.24. The van der Waals surface area contributed by atoms with E-state index in [1.54, 1.807) is 0 Å². The molecule has 4 heteroatoms. The first-order chi connectivity index (χ1) is 8.70. The minimum Gasteiger partial charge on any atom is -0.299 e. The highest BCUT2D eigenvalue weighted by molar-refractivity contribution is 9.10. The molecule has 2 nitrogen and oxygen atoms in total. The summed E-state index contributed by atoms with van der Waals surface area (Å²) in [5.74, 6) is 0. The summed E-state index contributed by atoms with van der Waals surface area (Å²) in [6.45, 7) is 0.868. The van der Waals surface area contributed by atoms with Crippen LogP contribution in [0, 0.1) is 11.3 Å². The van der Waals surface area contributed by atoms with Gasteiger partial charge in [0.25, 0.3) is 0 Å². The van der Waals surface area contributed by atoms with E-state index in [9.17, 15) is 0 Å². The second-order valence-electron chi connectivity index (χ2n) is 5.12. The Hall–Kier alpha value is -0.560. The average molecular weight is 344 g/mol. The van der Waals surface area contributed by atoms with Crippen LogP contribution >= 0.6 is 28.3 Å². The lowest BCUT2D eigenvalue weighted by Crippen LogP contribution is -2.33. The highest BCUT2D eigenvalue weighted by atomic mass is 79.9. The zero-order valence-corrected chi connectivity index (χ0v) is 13.6. The van der Waals surface area contributed by atoms with Crippen molar-refractivity contribution in [2.75, 3.05) is 7.05 Å². The molecule has 0 bridgehead atoms. The molecule has 19 heavy (non-hydrogen) atoms. The predicted molar refractivity (Wildman–Crippen MR) is 84.4 cm³/mol. The van der Waals surface area contributed by atoms with Crippen molar-refractivity contribution in [1.82, 2.24) is 4.90 Å². The van der Waals surface area contributed by atoms with Crippen LogP contribution in [0.25, 0.3) is 0 Å². The molecule has 1 aromatic rings. The molecule has 0 atom stereocenters. The molecule has 1 saturated carbocycles.